The Labute approximate surface area is 366 Å². The van der Waals surface area contributed by atoms with Crippen LogP contribution in [0.25, 0.3) is 0 Å². The quantitative estimate of drug-likeness (QED) is 0.0819. The summed E-state index contributed by atoms with van der Waals surface area (Å²) in [4.78, 5) is 0. The molecule has 2 heterocycles. The van der Waals surface area contributed by atoms with Gasteiger partial charge in [-0.25, -0.2) is 0 Å². The van der Waals surface area contributed by atoms with E-state index >= 15 is 0 Å². The highest BCUT2D eigenvalue weighted by molar-refractivity contribution is 7.42. The van der Waals surface area contributed by atoms with Gasteiger partial charge in [0.05, 0.1) is 31.8 Å². The summed E-state index contributed by atoms with van der Waals surface area (Å²) < 4.78 is 38.8. The zero-order valence-corrected chi connectivity index (χ0v) is 38.7. The molecule has 0 bridgehead atoms. The van der Waals surface area contributed by atoms with Gasteiger partial charge in [-0.1, -0.05) is 202 Å². The first-order valence-corrected chi connectivity index (χ1v) is 23.2. The summed E-state index contributed by atoms with van der Waals surface area (Å²) in [6, 6.07) is 44.7. The highest BCUT2D eigenvalue weighted by atomic mass is 31.2. The van der Waals surface area contributed by atoms with Crippen LogP contribution in [0, 0.1) is 5.41 Å². The Hall–Kier alpha value is -4.38. The number of allylic oxidation sites excluding steroid dienone is 4. The second kappa shape index (κ2) is 18.1. The van der Waals surface area contributed by atoms with E-state index in [-0.39, 0.29) is 16.2 Å². The first-order chi connectivity index (χ1) is 29.1. The molecule has 8 heteroatoms. The van der Waals surface area contributed by atoms with Crippen LogP contribution in [0.1, 0.15) is 94.3 Å². The minimum atomic E-state index is -1.70. The van der Waals surface area contributed by atoms with Crippen molar-refractivity contribution in [2.45, 2.75) is 77.0 Å². The number of hydrogen-bond acceptors (Lipinski definition) is 6. The molecule has 318 valence electrons. The van der Waals surface area contributed by atoms with Crippen molar-refractivity contribution in [3.05, 3.63) is 203 Å². The van der Waals surface area contributed by atoms with Crippen molar-refractivity contribution in [2.24, 2.45) is 5.41 Å². The van der Waals surface area contributed by atoms with Gasteiger partial charge in [-0.3, -0.25) is 0 Å². The lowest BCUT2D eigenvalue weighted by atomic mass is 9.72. The number of rotatable bonds is 14. The Kier molecular flexibility index (Phi) is 13.3. The maximum Gasteiger partial charge on any atom is 0.397 e. The van der Waals surface area contributed by atoms with E-state index in [1.807, 2.05) is 30.4 Å². The first-order valence-electron chi connectivity index (χ1n) is 21.0. The maximum atomic E-state index is 6.65. The second-order valence-electron chi connectivity index (χ2n) is 18.3. The molecule has 5 aromatic carbocycles. The third-order valence-corrected chi connectivity index (χ3v) is 14.8. The Morgan fingerprint density at radius 1 is 0.508 bits per heavy atom. The van der Waals surface area contributed by atoms with E-state index in [1.54, 1.807) is 6.08 Å². The highest BCUT2D eigenvalue weighted by Gasteiger charge is 2.46. The van der Waals surface area contributed by atoms with Crippen LogP contribution in [0.4, 0.5) is 0 Å². The molecule has 2 saturated heterocycles. The molecule has 0 N–H and O–H groups in total. The molecule has 7 rings (SSSR count). The molecule has 0 radical (unpaired) electrons. The molecule has 0 saturated carbocycles. The normalized spacial score (nSPS) is 20.2. The van der Waals surface area contributed by atoms with E-state index in [2.05, 4.69) is 178 Å². The zero-order chi connectivity index (χ0) is 43.5. The molecular formula is C53H60O6P2. The van der Waals surface area contributed by atoms with Gasteiger partial charge in [0.1, 0.15) is 11.5 Å². The minimum absolute atomic E-state index is 0.224. The third kappa shape index (κ3) is 9.37. The molecule has 5 aromatic rings. The molecule has 0 aromatic heterocycles. The monoisotopic (exact) mass is 854 g/mol. The Morgan fingerprint density at radius 2 is 0.885 bits per heavy atom. The summed E-state index contributed by atoms with van der Waals surface area (Å²) in [6.07, 6.45) is 5.69. The summed E-state index contributed by atoms with van der Waals surface area (Å²) >= 11 is 0. The Morgan fingerprint density at radius 3 is 1.28 bits per heavy atom. The van der Waals surface area contributed by atoms with Crippen molar-refractivity contribution in [3.63, 3.8) is 0 Å². The summed E-state index contributed by atoms with van der Waals surface area (Å²) in [7, 11) is -3.38. The highest BCUT2D eigenvalue weighted by Crippen LogP contribution is 2.55. The molecule has 61 heavy (non-hydrogen) atoms. The van der Waals surface area contributed by atoms with Crippen LogP contribution in [-0.2, 0) is 39.8 Å². The van der Waals surface area contributed by atoms with Gasteiger partial charge in [0.15, 0.2) is 0 Å². The predicted molar refractivity (Wildman–Crippen MR) is 251 cm³/mol. The van der Waals surface area contributed by atoms with Gasteiger partial charge in [0.25, 0.3) is 0 Å². The lowest BCUT2D eigenvalue weighted by molar-refractivity contribution is -0.0673. The molecule has 6 nitrogen and oxygen atoms in total. The van der Waals surface area contributed by atoms with Crippen LogP contribution < -0.4 is 9.05 Å². The number of hydrogen-bond donors (Lipinski definition) is 0. The van der Waals surface area contributed by atoms with Gasteiger partial charge in [-0.2, -0.15) is 0 Å². The zero-order valence-electron chi connectivity index (χ0n) is 36.9. The fourth-order valence-electron chi connectivity index (χ4n) is 8.19. The van der Waals surface area contributed by atoms with E-state index in [0.717, 1.165) is 22.4 Å². The van der Waals surface area contributed by atoms with E-state index in [0.29, 0.717) is 32.2 Å². The van der Waals surface area contributed by atoms with Crippen LogP contribution in [-0.4, -0.2) is 26.4 Å². The van der Waals surface area contributed by atoms with Crippen molar-refractivity contribution >= 4 is 17.2 Å². The maximum absolute atomic E-state index is 6.65. The van der Waals surface area contributed by atoms with Crippen molar-refractivity contribution in [1.29, 1.82) is 0 Å². The van der Waals surface area contributed by atoms with Crippen LogP contribution in [0.15, 0.2) is 164 Å². The summed E-state index contributed by atoms with van der Waals surface area (Å²) in [5, 5.41) is 0. The lowest BCUT2D eigenvalue weighted by Crippen LogP contribution is -2.45. The van der Waals surface area contributed by atoms with E-state index in [1.165, 1.54) is 27.8 Å². The van der Waals surface area contributed by atoms with Crippen molar-refractivity contribution in [2.75, 3.05) is 26.4 Å². The smallest absolute Gasteiger partial charge is 0.397 e. The SMILES string of the molecule is C=C/C=C(\C=C)C(C)(C)c1cc(C(C)(C)c2ccccc2)ccc1OP1OCC2(CO1)COP(Oc1ccc(C(C)(C)c3ccccc3)cc1C(C)(C)c1ccccc1)OC2. The topological polar surface area (TPSA) is 55.4 Å². The Bertz CT molecular complexity index is 2320. The molecule has 2 aliphatic rings. The number of benzene rings is 5. The van der Waals surface area contributed by atoms with Crippen LogP contribution in [0.2, 0.25) is 0 Å². The van der Waals surface area contributed by atoms with Crippen molar-refractivity contribution in [3.8, 4) is 11.5 Å². The molecule has 0 unspecified atom stereocenters. The molecule has 1 spiro atoms. The van der Waals surface area contributed by atoms with Crippen LogP contribution >= 0.6 is 17.2 Å². The first kappa shape index (κ1) is 44.7. The molecule has 2 fully saturated rings. The van der Waals surface area contributed by atoms with E-state index in [9.17, 15) is 0 Å². The third-order valence-electron chi connectivity index (χ3n) is 12.7. The van der Waals surface area contributed by atoms with Crippen LogP contribution in [0.5, 0.6) is 11.5 Å². The summed E-state index contributed by atoms with van der Waals surface area (Å²) in [5.41, 5.74) is 7.37. The summed E-state index contributed by atoms with van der Waals surface area (Å²) in [6.45, 7) is 27.4. The minimum Gasteiger partial charge on any atom is -0.426 e. The molecular weight excluding hydrogens is 795 g/mol. The average Bonchev–Trinajstić information content (AvgIpc) is 3.28. The molecule has 0 atom stereocenters. The average molecular weight is 855 g/mol. The molecule has 0 aliphatic carbocycles. The fourth-order valence-corrected chi connectivity index (χ4v) is 10.7. The molecule has 0 amide bonds. The summed E-state index contributed by atoms with van der Waals surface area (Å²) in [5.74, 6) is 1.45. The van der Waals surface area contributed by atoms with Gasteiger partial charge < -0.3 is 27.1 Å². The van der Waals surface area contributed by atoms with Gasteiger partial charge >= 0.3 is 17.2 Å². The predicted octanol–water partition coefficient (Wildman–Crippen LogP) is 14.2. The van der Waals surface area contributed by atoms with Gasteiger partial charge in [0.2, 0.25) is 0 Å². The lowest BCUT2D eigenvalue weighted by Gasteiger charge is -2.42. The standard InChI is InChI=1S/C53H60O6P2/c1-11-22-39(12-2)51(7,8)45-33-43(49(3,4)40-23-16-13-17-24-40)29-31-47(45)58-60-54-35-53(36-55-60)37-56-61(57-38-53)59-48-32-30-44(50(5,6)41-25-18-14-19-26-41)34-46(48)52(9,10)42-27-20-15-21-28-42/h11-34H,1-2,35-38H2,3-10H3/b39-22+. The van der Waals surface area contributed by atoms with Gasteiger partial charge in [0, 0.05) is 32.8 Å². The van der Waals surface area contributed by atoms with Crippen LogP contribution in [0.3, 0.4) is 0 Å². The van der Waals surface area contributed by atoms with Crippen molar-refractivity contribution < 1.29 is 27.1 Å². The fraction of sp³-hybridized carbons (Fsp3) is 0.321. The van der Waals surface area contributed by atoms with Gasteiger partial charge in [-0.05, 0) is 45.5 Å². The van der Waals surface area contributed by atoms with Gasteiger partial charge in [-0.15, -0.1) is 0 Å². The molecule has 2 aliphatic heterocycles. The van der Waals surface area contributed by atoms with E-state index < -0.39 is 28.0 Å². The Balaban J connectivity index is 1.06. The van der Waals surface area contributed by atoms with E-state index in [4.69, 9.17) is 27.1 Å². The largest absolute Gasteiger partial charge is 0.426 e. The van der Waals surface area contributed by atoms with Crippen molar-refractivity contribution in [1.82, 2.24) is 0 Å². The second-order valence-corrected chi connectivity index (χ2v) is 20.6.